The zero-order chi connectivity index (χ0) is 18.0. The lowest BCUT2D eigenvalue weighted by molar-refractivity contribution is -0.385. The molecule has 2 aromatic rings. The molecule has 1 unspecified atom stereocenters. The molecule has 0 spiro atoms. The zero-order valence-corrected chi connectivity index (χ0v) is 13.5. The molecule has 0 saturated carbocycles. The average molecular weight is 340 g/mol. The van der Waals surface area contributed by atoms with Crippen molar-refractivity contribution in [2.24, 2.45) is 0 Å². The first kappa shape index (κ1) is 16.6. The van der Waals surface area contributed by atoms with Crippen LogP contribution in [0, 0.1) is 10.1 Å². The van der Waals surface area contributed by atoms with E-state index in [4.69, 9.17) is 4.74 Å². The van der Waals surface area contributed by atoms with Crippen LogP contribution in [0.2, 0.25) is 0 Å². The maximum Gasteiger partial charge on any atom is 0.345 e. The lowest BCUT2D eigenvalue weighted by atomic mass is 10.2. The number of rotatable bonds is 4. The first-order chi connectivity index (χ1) is 12.0. The number of nitro groups is 1. The third kappa shape index (κ3) is 3.21. The Morgan fingerprint density at radius 2 is 1.84 bits per heavy atom. The van der Waals surface area contributed by atoms with Crippen LogP contribution in [0.25, 0.3) is 0 Å². The van der Waals surface area contributed by atoms with Crippen molar-refractivity contribution in [2.45, 2.75) is 19.4 Å². The molecule has 7 nitrogen and oxygen atoms in total. The molecule has 7 heteroatoms. The fraction of sp³-hybridized carbons (Fsp3) is 0.222. The Kier molecular flexibility index (Phi) is 4.47. The second-order valence-electron chi connectivity index (χ2n) is 5.69. The number of hydrogen-bond donors (Lipinski definition) is 0. The topological polar surface area (TPSA) is 89.7 Å². The van der Waals surface area contributed by atoms with Crippen molar-refractivity contribution in [3.8, 4) is 0 Å². The Morgan fingerprint density at radius 1 is 1.16 bits per heavy atom. The fourth-order valence-corrected chi connectivity index (χ4v) is 2.87. The summed E-state index contributed by atoms with van der Waals surface area (Å²) in [5, 5.41) is 11.0. The van der Waals surface area contributed by atoms with Crippen LogP contribution in [0.4, 0.5) is 11.4 Å². The SMILES string of the molecule is CC(OC(=O)c1ccccc1[N+](=O)[O-])C(=O)N1CCc2ccccc21. The third-order valence-corrected chi connectivity index (χ3v) is 4.11. The second-order valence-corrected chi connectivity index (χ2v) is 5.69. The predicted molar refractivity (Wildman–Crippen MR) is 90.5 cm³/mol. The van der Waals surface area contributed by atoms with E-state index >= 15 is 0 Å². The first-order valence-corrected chi connectivity index (χ1v) is 7.82. The Labute approximate surface area is 144 Å². The van der Waals surface area contributed by atoms with Gasteiger partial charge in [0.25, 0.3) is 11.6 Å². The van der Waals surface area contributed by atoms with Crippen LogP contribution in [0.1, 0.15) is 22.8 Å². The molecule has 128 valence electrons. The van der Waals surface area contributed by atoms with Gasteiger partial charge < -0.3 is 9.64 Å². The van der Waals surface area contributed by atoms with E-state index in [0.29, 0.717) is 6.54 Å². The number of fused-ring (bicyclic) bond motifs is 1. The normalized spacial score (nSPS) is 13.9. The van der Waals surface area contributed by atoms with Crippen LogP contribution in [-0.2, 0) is 16.0 Å². The van der Waals surface area contributed by atoms with Crippen molar-refractivity contribution in [1.29, 1.82) is 0 Å². The van der Waals surface area contributed by atoms with E-state index in [1.54, 1.807) is 4.90 Å². The molecule has 0 N–H and O–H groups in total. The minimum atomic E-state index is -1.04. The van der Waals surface area contributed by atoms with Gasteiger partial charge in [0, 0.05) is 18.3 Å². The van der Waals surface area contributed by atoms with Gasteiger partial charge in [-0.3, -0.25) is 14.9 Å². The van der Waals surface area contributed by atoms with E-state index in [1.165, 1.54) is 31.2 Å². The van der Waals surface area contributed by atoms with E-state index in [-0.39, 0.29) is 17.2 Å². The second kappa shape index (κ2) is 6.72. The minimum Gasteiger partial charge on any atom is -0.449 e. The zero-order valence-electron chi connectivity index (χ0n) is 13.5. The van der Waals surface area contributed by atoms with Crippen molar-refractivity contribution >= 4 is 23.3 Å². The molecule has 1 aliphatic heterocycles. The van der Waals surface area contributed by atoms with Gasteiger partial charge >= 0.3 is 5.97 Å². The lowest BCUT2D eigenvalue weighted by Crippen LogP contribution is -2.39. The van der Waals surface area contributed by atoms with Crippen LogP contribution in [-0.4, -0.2) is 29.4 Å². The number of hydrogen-bond acceptors (Lipinski definition) is 5. The molecule has 1 heterocycles. The highest BCUT2D eigenvalue weighted by molar-refractivity contribution is 6.01. The van der Waals surface area contributed by atoms with E-state index < -0.39 is 17.0 Å². The number of carbonyl (C=O) groups excluding carboxylic acids is 2. The number of amides is 1. The monoisotopic (exact) mass is 340 g/mol. The van der Waals surface area contributed by atoms with Crippen LogP contribution in [0.3, 0.4) is 0 Å². The van der Waals surface area contributed by atoms with Crippen molar-refractivity contribution in [3.63, 3.8) is 0 Å². The number of para-hydroxylation sites is 2. The van der Waals surface area contributed by atoms with Gasteiger partial charge in [0.05, 0.1) is 4.92 Å². The van der Waals surface area contributed by atoms with E-state index in [1.807, 2.05) is 24.3 Å². The molecule has 1 amide bonds. The summed E-state index contributed by atoms with van der Waals surface area (Å²) in [5.41, 5.74) is 1.35. The molecule has 0 fully saturated rings. The summed E-state index contributed by atoms with van der Waals surface area (Å²) in [5.74, 6) is -1.24. The van der Waals surface area contributed by atoms with Crippen LogP contribution >= 0.6 is 0 Å². The van der Waals surface area contributed by atoms with Crippen LogP contribution in [0.15, 0.2) is 48.5 Å². The summed E-state index contributed by atoms with van der Waals surface area (Å²) in [6.45, 7) is 1.99. The first-order valence-electron chi connectivity index (χ1n) is 7.82. The minimum absolute atomic E-state index is 0.172. The number of anilines is 1. The molecule has 0 saturated heterocycles. The number of esters is 1. The fourth-order valence-electron chi connectivity index (χ4n) is 2.87. The Morgan fingerprint density at radius 3 is 2.60 bits per heavy atom. The molecule has 3 rings (SSSR count). The van der Waals surface area contributed by atoms with Crippen molar-refractivity contribution in [2.75, 3.05) is 11.4 Å². The van der Waals surface area contributed by atoms with Crippen molar-refractivity contribution in [1.82, 2.24) is 0 Å². The quantitative estimate of drug-likeness (QED) is 0.485. The smallest absolute Gasteiger partial charge is 0.345 e. The predicted octanol–water partition coefficient (Wildman–Crippen LogP) is 2.73. The molecule has 25 heavy (non-hydrogen) atoms. The summed E-state index contributed by atoms with van der Waals surface area (Å²) < 4.78 is 5.18. The summed E-state index contributed by atoms with van der Waals surface area (Å²) in [4.78, 5) is 36.8. The molecule has 2 aromatic carbocycles. The van der Waals surface area contributed by atoms with Crippen LogP contribution in [0.5, 0.6) is 0 Å². The van der Waals surface area contributed by atoms with Gasteiger partial charge in [0.1, 0.15) is 5.56 Å². The number of nitro benzene ring substituents is 1. The third-order valence-electron chi connectivity index (χ3n) is 4.11. The van der Waals surface area contributed by atoms with Crippen LogP contribution < -0.4 is 4.90 Å². The van der Waals surface area contributed by atoms with E-state index in [2.05, 4.69) is 0 Å². The average Bonchev–Trinajstić information content (AvgIpc) is 3.05. The highest BCUT2D eigenvalue weighted by Gasteiger charge is 2.31. The van der Waals surface area contributed by atoms with E-state index in [9.17, 15) is 19.7 Å². The molecular weight excluding hydrogens is 324 g/mol. The largest absolute Gasteiger partial charge is 0.449 e. The Hall–Kier alpha value is -3.22. The molecule has 1 aliphatic rings. The summed E-state index contributed by atoms with van der Waals surface area (Å²) >= 11 is 0. The molecular formula is C18H16N2O5. The number of ether oxygens (including phenoxy) is 1. The molecule has 1 atom stereocenters. The number of carbonyl (C=O) groups is 2. The molecule has 0 radical (unpaired) electrons. The van der Waals surface area contributed by atoms with Gasteiger partial charge in [0.15, 0.2) is 6.10 Å². The highest BCUT2D eigenvalue weighted by atomic mass is 16.6. The van der Waals surface area contributed by atoms with E-state index in [0.717, 1.165) is 17.7 Å². The van der Waals surface area contributed by atoms with Gasteiger partial charge in [-0.1, -0.05) is 30.3 Å². The highest BCUT2D eigenvalue weighted by Crippen LogP contribution is 2.28. The standard InChI is InChI=1S/C18H16N2O5/c1-12(17(21)19-11-10-13-6-2-4-8-15(13)19)25-18(22)14-7-3-5-9-16(14)20(23)24/h2-9,12H,10-11H2,1H3. The Bertz CT molecular complexity index is 849. The van der Waals surface area contributed by atoms with Gasteiger partial charge in [-0.2, -0.15) is 0 Å². The van der Waals surface area contributed by atoms with Crippen molar-refractivity contribution in [3.05, 3.63) is 69.8 Å². The molecule has 0 aromatic heterocycles. The number of nitrogens with zero attached hydrogens (tertiary/aromatic N) is 2. The van der Waals surface area contributed by atoms with Gasteiger partial charge in [-0.25, -0.2) is 4.79 Å². The Balaban J connectivity index is 1.75. The summed E-state index contributed by atoms with van der Waals surface area (Å²) in [7, 11) is 0. The summed E-state index contributed by atoms with van der Waals surface area (Å²) in [6, 6.07) is 13.0. The molecule has 0 bridgehead atoms. The summed E-state index contributed by atoms with van der Waals surface area (Å²) in [6.07, 6.45) is -0.300. The lowest BCUT2D eigenvalue weighted by Gasteiger charge is -2.21. The van der Waals surface area contributed by atoms with Gasteiger partial charge in [-0.05, 0) is 31.0 Å². The van der Waals surface area contributed by atoms with Crippen molar-refractivity contribution < 1.29 is 19.2 Å². The molecule has 0 aliphatic carbocycles. The van der Waals surface area contributed by atoms with Gasteiger partial charge in [0.2, 0.25) is 0 Å². The maximum atomic E-state index is 12.6. The number of benzene rings is 2. The maximum absolute atomic E-state index is 12.6. The van der Waals surface area contributed by atoms with Gasteiger partial charge in [-0.15, -0.1) is 0 Å².